The molecule has 0 amide bonds. The lowest BCUT2D eigenvalue weighted by Gasteiger charge is -2.41. The van der Waals surface area contributed by atoms with Crippen LogP contribution in [0.4, 0.5) is 17.2 Å². The van der Waals surface area contributed by atoms with Gasteiger partial charge >= 0.3 is 0 Å². The minimum absolute atomic E-state index is 0.156. The van der Waals surface area contributed by atoms with Gasteiger partial charge in [0.05, 0.1) is 12.4 Å². The molecule has 0 radical (unpaired) electrons. The first kappa shape index (κ1) is 21.3. The van der Waals surface area contributed by atoms with Crippen molar-refractivity contribution in [3.05, 3.63) is 78.0 Å². The van der Waals surface area contributed by atoms with Crippen molar-refractivity contribution in [2.75, 3.05) is 28.2 Å². The van der Waals surface area contributed by atoms with Crippen molar-refractivity contribution >= 4 is 40.7 Å². The molecule has 35 heavy (non-hydrogen) atoms. The van der Waals surface area contributed by atoms with Gasteiger partial charge in [0, 0.05) is 35.7 Å². The van der Waals surface area contributed by atoms with E-state index in [1.165, 1.54) is 19.2 Å². The number of imidazole rings is 1. The van der Waals surface area contributed by atoms with E-state index in [0.29, 0.717) is 17.0 Å². The second kappa shape index (κ2) is 8.87. The molecule has 8 heteroatoms. The molecule has 176 valence electrons. The summed E-state index contributed by atoms with van der Waals surface area (Å²) in [4.78, 5) is 33.4. The van der Waals surface area contributed by atoms with Crippen LogP contribution in [0.2, 0.25) is 0 Å². The fourth-order valence-corrected chi connectivity index (χ4v) is 5.28. The van der Waals surface area contributed by atoms with E-state index < -0.39 is 6.04 Å². The van der Waals surface area contributed by atoms with Crippen molar-refractivity contribution < 1.29 is 4.79 Å². The molecule has 0 bridgehead atoms. The number of aldehydes is 1. The molecule has 1 fully saturated rings. The number of hydrogen-bond donors (Lipinski definition) is 2. The number of nitrogens with one attached hydrogen (secondary N) is 2. The number of benzene rings is 2. The first-order valence-electron chi connectivity index (χ1n) is 12.0. The first-order chi connectivity index (χ1) is 17.2. The predicted molar refractivity (Wildman–Crippen MR) is 138 cm³/mol. The van der Waals surface area contributed by atoms with E-state index >= 15 is 0 Å². The molecule has 2 N–H and O–H groups in total. The van der Waals surface area contributed by atoms with Crippen molar-refractivity contribution in [2.45, 2.75) is 31.8 Å². The van der Waals surface area contributed by atoms with E-state index in [1.807, 2.05) is 18.2 Å². The van der Waals surface area contributed by atoms with Gasteiger partial charge in [-0.2, -0.15) is 0 Å². The quantitative estimate of drug-likeness (QED) is 0.404. The molecule has 2 aliphatic heterocycles. The molecule has 2 aromatic carbocycles. The summed E-state index contributed by atoms with van der Waals surface area (Å²) in [5, 5.41) is 3.52. The zero-order chi connectivity index (χ0) is 23.8. The van der Waals surface area contributed by atoms with Gasteiger partial charge in [0.2, 0.25) is 0 Å². The van der Waals surface area contributed by atoms with Crippen molar-refractivity contribution in [1.29, 1.82) is 0 Å². The number of H-pyrrole nitrogens is 1. The zero-order valence-electron chi connectivity index (χ0n) is 19.6. The van der Waals surface area contributed by atoms with Crippen LogP contribution in [0.1, 0.15) is 36.9 Å². The maximum atomic E-state index is 12.8. The SMILES string of the molecule is CC(Nc1ncnc2[nH]cnc12)C1=Cc2cccc(N3CCCC3)c2[C@@H](C=O)N1c1ccccc1. The molecular weight excluding hydrogens is 438 g/mol. The lowest BCUT2D eigenvalue weighted by molar-refractivity contribution is -0.109. The smallest absolute Gasteiger partial charge is 0.162 e. The molecule has 8 nitrogen and oxygen atoms in total. The average Bonchev–Trinajstić information content (AvgIpc) is 3.60. The number of anilines is 3. The maximum absolute atomic E-state index is 12.8. The lowest BCUT2D eigenvalue weighted by atomic mass is 9.90. The van der Waals surface area contributed by atoms with Crippen LogP contribution in [0.3, 0.4) is 0 Å². The van der Waals surface area contributed by atoms with E-state index in [0.717, 1.165) is 47.6 Å². The molecule has 1 saturated heterocycles. The Bertz CT molecular complexity index is 1390. The third-order valence-electron chi connectivity index (χ3n) is 6.90. The van der Waals surface area contributed by atoms with Crippen molar-refractivity contribution in [3.63, 3.8) is 0 Å². The van der Waals surface area contributed by atoms with Gasteiger partial charge in [0.25, 0.3) is 0 Å². The topological polar surface area (TPSA) is 90.0 Å². The third-order valence-corrected chi connectivity index (χ3v) is 6.90. The van der Waals surface area contributed by atoms with Gasteiger partial charge in [-0.1, -0.05) is 30.3 Å². The van der Waals surface area contributed by atoms with Gasteiger partial charge in [-0.3, -0.25) is 0 Å². The minimum Gasteiger partial charge on any atom is -0.371 e. The largest absolute Gasteiger partial charge is 0.371 e. The summed E-state index contributed by atoms with van der Waals surface area (Å²) < 4.78 is 0. The van der Waals surface area contributed by atoms with Gasteiger partial charge in [0.1, 0.15) is 24.2 Å². The van der Waals surface area contributed by atoms with Gasteiger partial charge in [-0.05, 0) is 49.6 Å². The maximum Gasteiger partial charge on any atom is 0.162 e. The number of carbonyl (C=O) groups excluding carboxylic acids is 1. The number of rotatable bonds is 6. The molecule has 2 atom stereocenters. The second-order valence-corrected chi connectivity index (χ2v) is 9.02. The number of aromatic nitrogens is 4. The van der Waals surface area contributed by atoms with Crippen LogP contribution in [-0.4, -0.2) is 45.4 Å². The summed E-state index contributed by atoms with van der Waals surface area (Å²) in [5.74, 6) is 0.650. The molecule has 6 rings (SSSR count). The monoisotopic (exact) mass is 465 g/mol. The molecule has 2 aliphatic rings. The van der Waals surface area contributed by atoms with Crippen LogP contribution >= 0.6 is 0 Å². The Morgan fingerprint density at radius 2 is 1.89 bits per heavy atom. The number of carbonyl (C=O) groups is 1. The second-order valence-electron chi connectivity index (χ2n) is 9.02. The molecule has 4 heterocycles. The number of fused-ring (bicyclic) bond motifs is 2. The Kier molecular flexibility index (Phi) is 5.41. The Hall–Kier alpha value is -4.20. The van der Waals surface area contributed by atoms with Crippen molar-refractivity contribution in [3.8, 4) is 0 Å². The fourth-order valence-electron chi connectivity index (χ4n) is 5.28. The summed E-state index contributed by atoms with van der Waals surface area (Å²) in [5.41, 5.74) is 6.63. The van der Waals surface area contributed by atoms with E-state index in [4.69, 9.17) is 0 Å². The van der Waals surface area contributed by atoms with Gasteiger partial charge in [-0.15, -0.1) is 0 Å². The van der Waals surface area contributed by atoms with E-state index in [1.54, 1.807) is 6.33 Å². The van der Waals surface area contributed by atoms with Crippen LogP contribution in [0.5, 0.6) is 0 Å². The fraction of sp³-hybridized carbons (Fsp3) is 0.259. The summed E-state index contributed by atoms with van der Waals surface area (Å²) in [6.45, 7) is 4.13. The average molecular weight is 466 g/mol. The molecule has 4 aromatic rings. The molecule has 2 aromatic heterocycles. The highest BCUT2D eigenvalue weighted by Crippen LogP contribution is 2.43. The Labute approximate surface area is 203 Å². The number of aromatic amines is 1. The predicted octanol–water partition coefficient (Wildman–Crippen LogP) is 4.55. The van der Waals surface area contributed by atoms with Crippen LogP contribution in [-0.2, 0) is 4.79 Å². The first-order valence-corrected chi connectivity index (χ1v) is 12.0. The van der Waals surface area contributed by atoms with Crippen molar-refractivity contribution in [2.24, 2.45) is 0 Å². The molecular formula is C27H27N7O. The van der Waals surface area contributed by atoms with E-state index in [-0.39, 0.29) is 6.04 Å². The molecule has 0 spiro atoms. The zero-order valence-corrected chi connectivity index (χ0v) is 19.6. The highest BCUT2D eigenvalue weighted by molar-refractivity contribution is 5.86. The van der Waals surface area contributed by atoms with Gasteiger partial charge in [0.15, 0.2) is 11.5 Å². The summed E-state index contributed by atoms with van der Waals surface area (Å²) >= 11 is 0. The van der Waals surface area contributed by atoms with Crippen molar-refractivity contribution in [1.82, 2.24) is 19.9 Å². The third kappa shape index (κ3) is 3.71. The number of hydrogen-bond acceptors (Lipinski definition) is 7. The molecule has 0 saturated carbocycles. The number of para-hydroxylation sites is 1. The standard InChI is InChI=1S/C27H27N7O/c1-18(32-27-25-26(29-16-28-25)30-17-31-27)22-14-19-8-7-11-21(33-12-5-6-13-33)24(19)23(15-35)34(22)20-9-3-2-4-10-20/h2-4,7-11,14-18,23H,5-6,12-13H2,1H3,(H2,28,29,30,31,32)/t18?,23-/m1/s1. The Morgan fingerprint density at radius 3 is 2.69 bits per heavy atom. The van der Waals surface area contributed by atoms with Crippen LogP contribution < -0.4 is 15.1 Å². The highest BCUT2D eigenvalue weighted by Gasteiger charge is 2.35. The molecule has 1 unspecified atom stereocenters. The Morgan fingerprint density at radius 1 is 1.06 bits per heavy atom. The van der Waals surface area contributed by atoms with Gasteiger partial charge in [-0.25, -0.2) is 15.0 Å². The van der Waals surface area contributed by atoms with Crippen LogP contribution in [0, 0.1) is 0 Å². The van der Waals surface area contributed by atoms with E-state index in [9.17, 15) is 4.79 Å². The molecule has 0 aliphatic carbocycles. The highest BCUT2D eigenvalue weighted by atomic mass is 16.1. The Balaban J connectivity index is 1.48. The summed E-state index contributed by atoms with van der Waals surface area (Å²) in [6.07, 6.45) is 8.76. The summed E-state index contributed by atoms with van der Waals surface area (Å²) in [6, 6.07) is 15.9. The van der Waals surface area contributed by atoms with Crippen LogP contribution in [0.15, 0.2) is 66.9 Å². The lowest BCUT2D eigenvalue weighted by Crippen LogP contribution is -2.39. The number of nitrogens with zero attached hydrogens (tertiary/aromatic N) is 5. The summed E-state index contributed by atoms with van der Waals surface area (Å²) in [7, 11) is 0. The van der Waals surface area contributed by atoms with E-state index in [2.05, 4.69) is 78.4 Å². The van der Waals surface area contributed by atoms with Crippen LogP contribution in [0.25, 0.3) is 17.2 Å². The normalized spacial score (nSPS) is 18.3. The minimum atomic E-state index is -0.441. The van der Waals surface area contributed by atoms with Gasteiger partial charge < -0.3 is 24.9 Å².